The molecule has 1 amide bonds. The van der Waals surface area contributed by atoms with Crippen LogP contribution in [0.15, 0.2) is 47.8 Å². The third-order valence-corrected chi connectivity index (χ3v) is 6.16. The van der Waals surface area contributed by atoms with E-state index < -0.39 is 0 Å². The number of hydrogen-bond donors (Lipinski definition) is 1. The van der Waals surface area contributed by atoms with E-state index in [1.807, 2.05) is 12.1 Å². The van der Waals surface area contributed by atoms with Crippen LogP contribution in [0, 0.1) is 5.92 Å². The van der Waals surface area contributed by atoms with Crippen molar-refractivity contribution in [1.29, 1.82) is 0 Å². The second-order valence-corrected chi connectivity index (χ2v) is 8.12. The molecule has 1 N–H and O–H groups in total. The SMILES string of the molecule is CC1CCC(NC(=O)Cn2c(-c3cccs3)cc3ccccc32)CC1. The van der Waals surface area contributed by atoms with Gasteiger partial charge in [-0.1, -0.05) is 31.2 Å². The number of carbonyl (C=O) groups excluding carboxylic acids is 1. The first-order chi connectivity index (χ1) is 12.2. The molecule has 1 saturated carbocycles. The van der Waals surface area contributed by atoms with Crippen molar-refractivity contribution in [2.24, 2.45) is 5.92 Å². The van der Waals surface area contributed by atoms with Gasteiger partial charge in [0.25, 0.3) is 0 Å². The largest absolute Gasteiger partial charge is 0.352 e. The Balaban J connectivity index is 1.58. The molecule has 4 heteroatoms. The van der Waals surface area contributed by atoms with Gasteiger partial charge in [-0.3, -0.25) is 4.79 Å². The van der Waals surface area contributed by atoms with Crippen LogP contribution in [-0.2, 0) is 11.3 Å². The first-order valence-corrected chi connectivity index (χ1v) is 10.00. The molecule has 130 valence electrons. The van der Waals surface area contributed by atoms with Gasteiger partial charge in [-0.25, -0.2) is 0 Å². The molecule has 0 radical (unpaired) electrons. The minimum absolute atomic E-state index is 0.124. The van der Waals surface area contributed by atoms with Gasteiger partial charge in [-0.2, -0.15) is 0 Å². The lowest BCUT2D eigenvalue weighted by molar-refractivity contribution is -0.122. The second kappa shape index (κ2) is 7.04. The van der Waals surface area contributed by atoms with Gasteiger partial charge in [0.2, 0.25) is 5.91 Å². The molecule has 2 heterocycles. The number of rotatable bonds is 4. The normalized spacial score (nSPS) is 20.7. The number of amides is 1. The summed E-state index contributed by atoms with van der Waals surface area (Å²) in [5.74, 6) is 0.922. The Hall–Kier alpha value is -2.07. The van der Waals surface area contributed by atoms with Crippen molar-refractivity contribution in [1.82, 2.24) is 9.88 Å². The Kier molecular flexibility index (Phi) is 4.62. The van der Waals surface area contributed by atoms with Crippen LogP contribution in [0.25, 0.3) is 21.5 Å². The van der Waals surface area contributed by atoms with E-state index in [9.17, 15) is 4.79 Å². The van der Waals surface area contributed by atoms with Crippen molar-refractivity contribution in [2.75, 3.05) is 0 Å². The van der Waals surface area contributed by atoms with Crippen molar-refractivity contribution >= 4 is 28.1 Å². The third kappa shape index (κ3) is 3.49. The summed E-state index contributed by atoms with van der Waals surface area (Å²) in [5.41, 5.74) is 2.25. The predicted octanol–water partition coefficient (Wildman–Crippen LogP) is 5.06. The molecule has 0 saturated heterocycles. The Morgan fingerprint density at radius 2 is 1.96 bits per heavy atom. The molecule has 25 heavy (non-hydrogen) atoms. The zero-order chi connectivity index (χ0) is 17.2. The summed E-state index contributed by atoms with van der Waals surface area (Å²) >= 11 is 1.72. The zero-order valence-electron chi connectivity index (χ0n) is 14.6. The van der Waals surface area contributed by atoms with E-state index in [0.717, 1.165) is 30.0 Å². The third-order valence-electron chi connectivity index (χ3n) is 5.27. The number of fused-ring (bicyclic) bond motifs is 1. The van der Waals surface area contributed by atoms with Crippen molar-refractivity contribution in [2.45, 2.75) is 45.2 Å². The molecule has 1 aliphatic carbocycles. The van der Waals surface area contributed by atoms with Crippen LogP contribution in [-0.4, -0.2) is 16.5 Å². The van der Waals surface area contributed by atoms with E-state index in [0.29, 0.717) is 12.6 Å². The van der Waals surface area contributed by atoms with E-state index in [4.69, 9.17) is 0 Å². The predicted molar refractivity (Wildman–Crippen MR) is 105 cm³/mol. The summed E-state index contributed by atoms with van der Waals surface area (Å²) in [6.07, 6.45) is 4.66. The van der Waals surface area contributed by atoms with Gasteiger partial charge in [0.15, 0.2) is 0 Å². The minimum atomic E-state index is 0.124. The summed E-state index contributed by atoms with van der Waals surface area (Å²) in [6, 6.07) is 15.0. The second-order valence-electron chi connectivity index (χ2n) is 7.18. The van der Waals surface area contributed by atoms with E-state index in [1.165, 1.54) is 23.1 Å². The Bertz CT molecular complexity index is 857. The maximum absolute atomic E-state index is 12.7. The van der Waals surface area contributed by atoms with Crippen molar-refractivity contribution < 1.29 is 4.79 Å². The molecule has 1 aromatic carbocycles. The molecule has 2 aromatic heterocycles. The fourth-order valence-electron chi connectivity index (χ4n) is 3.83. The van der Waals surface area contributed by atoms with E-state index in [-0.39, 0.29) is 5.91 Å². The summed E-state index contributed by atoms with van der Waals surface area (Å²) in [6.45, 7) is 2.68. The molecule has 0 aliphatic heterocycles. The molecule has 0 bridgehead atoms. The lowest BCUT2D eigenvalue weighted by Crippen LogP contribution is -2.39. The average Bonchev–Trinajstić information content (AvgIpc) is 3.25. The van der Waals surface area contributed by atoms with Gasteiger partial charge in [0.05, 0.1) is 10.6 Å². The summed E-state index contributed by atoms with van der Waals surface area (Å²) in [5, 5.41) is 6.53. The number of benzene rings is 1. The van der Waals surface area contributed by atoms with Crippen molar-refractivity contribution in [3.8, 4) is 10.6 Å². The molecule has 0 spiro atoms. The number of thiophene rings is 1. The van der Waals surface area contributed by atoms with Crippen molar-refractivity contribution in [3.05, 3.63) is 47.8 Å². The first kappa shape index (κ1) is 16.4. The van der Waals surface area contributed by atoms with Crippen LogP contribution < -0.4 is 5.32 Å². The average molecular weight is 353 g/mol. The highest BCUT2D eigenvalue weighted by atomic mass is 32.1. The Morgan fingerprint density at radius 1 is 1.16 bits per heavy atom. The molecule has 3 aromatic rings. The van der Waals surface area contributed by atoms with E-state index in [1.54, 1.807) is 11.3 Å². The van der Waals surface area contributed by atoms with Gasteiger partial charge in [-0.05, 0) is 55.2 Å². The first-order valence-electron chi connectivity index (χ1n) is 9.12. The number of para-hydroxylation sites is 1. The van der Waals surface area contributed by atoms with Gasteiger partial charge >= 0.3 is 0 Å². The number of hydrogen-bond acceptors (Lipinski definition) is 2. The topological polar surface area (TPSA) is 34.0 Å². The van der Waals surface area contributed by atoms with Crippen LogP contribution in [0.5, 0.6) is 0 Å². The van der Waals surface area contributed by atoms with Crippen LogP contribution >= 0.6 is 11.3 Å². The quantitative estimate of drug-likeness (QED) is 0.699. The summed E-state index contributed by atoms with van der Waals surface area (Å²) in [7, 11) is 0. The number of aromatic nitrogens is 1. The number of carbonyl (C=O) groups is 1. The molecular weight excluding hydrogens is 328 g/mol. The van der Waals surface area contributed by atoms with Crippen LogP contribution in [0.4, 0.5) is 0 Å². The Morgan fingerprint density at radius 3 is 2.72 bits per heavy atom. The monoisotopic (exact) mass is 352 g/mol. The summed E-state index contributed by atoms with van der Waals surface area (Å²) < 4.78 is 2.15. The smallest absolute Gasteiger partial charge is 0.240 e. The molecular formula is C21H24N2OS. The molecule has 1 aliphatic rings. The van der Waals surface area contributed by atoms with Gasteiger partial charge in [-0.15, -0.1) is 11.3 Å². The Labute approximate surface area is 152 Å². The number of nitrogens with zero attached hydrogens (tertiary/aromatic N) is 1. The van der Waals surface area contributed by atoms with Gasteiger partial charge in [0.1, 0.15) is 6.54 Å². The van der Waals surface area contributed by atoms with Crippen LogP contribution in [0.2, 0.25) is 0 Å². The summed E-state index contributed by atoms with van der Waals surface area (Å²) in [4.78, 5) is 13.9. The maximum atomic E-state index is 12.7. The molecule has 0 atom stereocenters. The lowest BCUT2D eigenvalue weighted by Gasteiger charge is -2.27. The molecule has 3 nitrogen and oxygen atoms in total. The highest BCUT2D eigenvalue weighted by Gasteiger charge is 2.21. The lowest BCUT2D eigenvalue weighted by atomic mass is 9.87. The van der Waals surface area contributed by atoms with Gasteiger partial charge in [0, 0.05) is 16.9 Å². The van der Waals surface area contributed by atoms with Crippen molar-refractivity contribution in [3.63, 3.8) is 0 Å². The molecule has 4 rings (SSSR count). The molecule has 0 unspecified atom stereocenters. The maximum Gasteiger partial charge on any atom is 0.240 e. The highest BCUT2D eigenvalue weighted by molar-refractivity contribution is 7.13. The number of nitrogens with one attached hydrogen (secondary N) is 1. The minimum Gasteiger partial charge on any atom is -0.352 e. The molecule has 1 fully saturated rings. The highest BCUT2D eigenvalue weighted by Crippen LogP contribution is 2.31. The van der Waals surface area contributed by atoms with Gasteiger partial charge < -0.3 is 9.88 Å². The zero-order valence-corrected chi connectivity index (χ0v) is 15.4. The fraction of sp³-hybridized carbons (Fsp3) is 0.381. The van der Waals surface area contributed by atoms with Crippen LogP contribution in [0.1, 0.15) is 32.6 Å². The fourth-order valence-corrected chi connectivity index (χ4v) is 4.58. The van der Waals surface area contributed by atoms with Crippen LogP contribution in [0.3, 0.4) is 0 Å². The van der Waals surface area contributed by atoms with E-state index in [2.05, 4.69) is 52.5 Å². The van der Waals surface area contributed by atoms with E-state index >= 15 is 0 Å². The standard InChI is InChI=1S/C21H24N2OS/c1-15-8-10-17(11-9-15)22-21(24)14-23-18-6-3-2-5-16(18)13-19(23)20-7-4-12-25-20/h2-7,12-13,15,17H,8-11,14H2,1H3,(H,22,24).